The van der Waals surface area contributed by atoms with E-state index in [0.717, 1.165) is 32.3 Å². The van der Waals surface area contributed by atoms with Gasteiger partial charge >= 0.3 is 0 Å². The van der Waals surface area contributed by atoms with Gasteiger partial charge < -0.3 is 15.0 Å². The molecule has 1 aliphatic heterocycles. The Hall–Kier alpha value is -0.0400. The average molecular weight is 397 g/mol. The first kappa shape index (κ1) is 20.0. The third kappa shape index (κ3) is 8.29. The zero-order chi connectivity index (χ0) is 14.3. The number of nitrogens with zero attached hydrogens (tertiary/aromatic N) is 2. The Morgan fingerprint density at radius 1 is 1.40 bits per heavy atom. The molecule has 0 aromatic heterocycles. The number of nitrogens with one attached hydrogen (secondary N) is 1. The minimum atomic E-state index is 0. The average Bonchev–Trinajstić information content (AvgIpc) is 2.80. The zero-order valence-corrected chi connectivity index (χ0v) is 16.1. The maximum absolute atomic E-state index is 5.42. The van der Waals surface area contributed by atoms with Gasteiger partial charge in [-0.1, -0.05) is 20.8 Å². The molecule has 120 valence electrons. The highest BCUT2D eigenvalue weighted by molar-refractivity contribution is 14.0. The van der Waals surface area contributed by atoms with E-state index in [2.05, 4.69) is 43.0 Å². The third-order valence-corrected chi connectivity index (χ3v) is 3.52. The highest BCUT2D eigenvalue weighted by Crippen LogP contribution is 2.19. The molecule has 0 aromatic rings. The Balaban J connectivity index is 0.00000361. The molecular weight excluding hydrogens is 365 g/mol. The van der Waals surface area contributed by atoms with Crippen LogP contribution >= 0.6 is 24.0 Å². The van der Waals surface area contributed by atoms with Gasteiger partial charge in [0.05, 0.1) is 6.61 Å². The summed E-state index contributed by atoms with van der Waals surface area (Å²) < 4.78 is 5.42. The molecule has 1 rings (SSSR count). The van der Waals surface area contributed by atoms with E-state index in [1.807, 2.05) is 7.05 Å². The standard InChI is InChI=1S/C15H31N3O.HI/c1-15(2,3)8-6-9-17-14(16-4)18(5)11-13-7-10-19-12-13;/h13H,6-12H2,1-5H3,(H,16,17);1H. The van der Waals surface area contributed by atoms with Gasteiger partial charge in [0.1, 0.15) is 0 Å². The first-order valence-corrected chi connectivity index (χ1v) is 7.42. The topological polar surface area (TPSA) is 36.9 Å². The van der Waals surface area contributed by atoms with Crippen molar-refractivity contribution < 1.29 is 4.74 Å². The molecule has 4 nitrogen and oxygen atoms in total. The van der Waals surface area contributed by atoms with Crippen LogP contribution in [0.25, 0.3) is 0 Å². The first-order valence-electron chi connectivity index (χ1n) is 7.42. The van der Waals surface area contributed by atoms with Crippen molar-refractivity contribution in [1.29, 1.82) is 0 Å². The van der Waals surface area contributed by atoms with Crippen molar-refractivity contribution in [2.45, 2.75) is 40.0 Å². The van der Waals surface area contributed by atoms with Crippen molar-refractivity contribution >= 4 is 29.9 Å². The van der Waals surface area contributed by atoms with Crippen LogP contribution in [-0.2, 0) is 4.74 Å². The fourth-order valence-electron chi connectivity index (χ4n) is 2.40. The maximum atomic E-state index is 5.42. The zero-order valence-electron chi connectivity index (χ0n) is 13.7. The molecule has 1 fully saturated rings. The van der Waals surface area contributed by atoms with Crippen LogP contribution in [0.1, 0.15) is 40.0 Å². The molecule has 0 bridgehead atoms. The first-order chi connectivity index (χ1) is 8.92. The van der Waals surface area contributed by atoms with Gasteiger partial charge in [-0.15, -0.1) is 24.0 Å². The van der Waals surface area contributed by atoms with Crippen LogP contribution in [0, 0.1) is 11.3 Å². The van der Waals surface area contributed by atoms with Crippen LogP contribution in [0.15, 0.2) is 4.99 Å². The van der Waals surface area contributed by atoms with Crippen molar-refractivity contribution in [2.75, 3.05) is 40.4 Å². The Labute approximate surface area is 141 Å². The van der Waals surface area contributed by atoms with E-state index < -0.39 is 0 Å². The normalized spacial score (nSPS) is 19.6. The summed E-state index contributed by atoms with van der Waals surface area (Å²) >= 11 is 0. The highest BCUT2D eigenvalue weighted by atomic mass is 127. The smallest absolute Gasteiger partial charge is 0.193 e. The molecule has 0 spiro atoms. The van der Waals surface area contributed by atoms with Crippen LogP contribution in [0.2, 0.25) is 0 Å². The summed E-state index contributed by atoms with van der Waals surface area (Å²) in [6.45, 7) is 10.7. The lowest BCUT2D eigenvalue weighted by Gasteiger charge is -2.25. The van der Waals surface area contributed by atoms with Gasteiger partial charge in [-0.25, -0.2) is 0 Å². The fourth-order valence-corrected chi connectivity index (χ4v) is 2.40. The lowest BCUT2D eigenvalue weighted by atomic mass is 9.91. The monoisotopic (exact) mass is 397 g/mol. The molecule has 0 aliphatic carbocycles. The summed E-state index contributed by atoms with van der Waals surface area (Å²) in [6.07, 6.45) is 3.59. The quantitative estimate of drug-likeness (QED) is 0.336. The Morgan fingerprint density at radius 2 is 2.10 bits per heavy atom. The number of rotatable bonds is 5. The molecule has 0 radical (unpaired) electrons. The van der Waals surface area contributed by atoms with E-state index in [9.17, 15) is 0 Å². The van der Waals surface area contributed by atoms with Crippen molar-refractivity contribution in [3.05, 3.63) is 0 Å². The maximum Gasteiger partial charge on any atom is 0.193 e. The third-order valence-electron chi connectivity index (χ3n) is 3.52. The summed E-state index contributed by atoms with van der Waals surface area (Å²) in [5.74, 6) is 1.65. The molecule has 20 heavy (non-hydrogen) atoms. The van der Waals surface area contributed by atoms with Crippen molar-refractivity contribution in [3.63, 3.8) is 0 Å². The lowest BCUT2D eigenvalue weighted by molar-refractivity contribution is 0.181. The Kier molecular flexibility index (Phi) is 9.80. The van der Waals surface area contributed by atoms with Crippen LogP contribution < -0.4 is 5.32 Å². The summed E-state index contributed by atoms with van der Waals surface area (Å²) in [7, 11) is 3.96. The van der Waals surface area contributed by atoms with Crippen molar-refractivity contribution in [2.24, 2.45) is 16.3 Å². The molecule has 5 heteroatoms. The van der Waals surface area contributed by atoms with Gasteiger partial charge in [0.15, 0.2) is 5.96 Å². The van der Waals surface area contributed by atoms with Crippen LogP contribution in [0.5, 0.6) is 0 Å². The molecule has 1 atom stereocenters. The Bertz CT molecular complexity index is 283. The second kappa shape index (κ2) is 9.82. The molecule has 1 unspecified atom stereocenters. The number of halogens is 1. The predicted molar refractivity (Wildman–Crippen MR) is 97.0 cm³/mol. The molecule has 1 N–H and O–H groups in total. The highest BCUT2D eigenvalue weighted by Gasteiger charge is 2.19. The number of ether oxygens (including phenoxy) is 1. The van der Waals surface area contributed by atoms with Crippen molar-refractivity contribution in [3.8, 4) is 0 Å². The number of aliphatic imine (C=N–C) groups is 1. The summed E-state index contributed by atoms with van der Waals surface area (Å²) in [5, 5.41) is 3.45. The van der Waals surface area contributed by atoms with Gasteiger partial charge in [0.25, 0.3) is 0 Å². The molecule has 0 saturated carbocycles. The molecule has 0 aromatic carbocycles. The summed E-state index contributed by atoms with van der Waals surface area (Å²) in [4.78, 5) is 6.57. The van der Waals surface area contributed by atoms with Gasteiger partial charge in [-0.3, -0.25) is 4.99 Å². The second-order valence-electron chi connectivity index (χ2n) is 6.75. The van der Waals surface area contributed by atoms with Crippen LogP contribution in [0.3, 0.4) is 0 Å². The minimum Gasteiger partial charge on any atom is -0.381 e. The minimum absolute atomic E-state index is 0. The van der Waals surface area contributed by atoms with Gasteiger partial charge in [-0.05, 0) is 24.7 Å². The van der Waals surface area contributed by atoms with E-state index in [1.165, 1.54) is 19.3 Å². The van der Waals surface area contributed by atoms with Gasteiger partial charge in [0, 0.05) is 39.7 Å². The van der Waals surface area contributed by atoms with Gasteiger partial charge in [-0.2, -0.15) is 0 Å². The van der Waals surface area contributed by atoms with E-state index in [4.69, 9.17) is 4.74 Å². The number of hydrogen-bond acceptors (Lipinski definition) is 2. The predicted octanol–water partition coefficient (Wildman–Crippen LogP) is 2.97. The van der Waals surface area contributed by atoms with Crippen LogP contribution in [-0.4, -0.2) is 51.3 Å². The van der Waals surface area contributed by atoms with Crippen LogP contribution in [0.4, 0.5) is 0 Å². The summed E-state index contributed by atoms with van der Waals surface area (Å²) in [6, 6.07) is 0. The lowest BCUT2D eigenvalue weighted by Crippen LogP contribution is -2.41. The second-order valence-corrected chi connectivity index (χ2v) is 6.75. The molecule has 1 aliphatic rings. The largest absolute Gasteiger partial charge is 0.381 e. The van der Waals surface area contributed by atoms with E-state index in [0.29, 0.717) is 11.3 Å². The Morgan fingerprint density at radius 3 is 2.60 bits per heavy atom. The van der Waals surface area contributed by atoms with E-state index >= 15 is 0 Å². The van der Waals surface area contributed by atoms with E-state index in [-0.39, 0.29) is 24.0 Å². The molecule has 1 heterocycles. The van der Waals surface area contributed by atoms with Crippen molar-refractivity contribution in [1.82, 2.24) is 10.2 Å². The number of hydrogen-bond donors (Lipinski definition) is 1. The van der Waals surface area contributed by atoms with E-state index in [1.54, 1.807) is 0 Å². The fraction of sp³-hybridized carbons (Fsp3) is 0.933. The van der Waals surface area contributed by atoms with Gasteiger partial charge in [0.2, 0.25) is 0 Å². The molecular formula is C15H32IN3O. The summed E-state index contributed by atoms with van der Waals surface area (Å²) in [5.41, 5.74) is 0.415. The SMILES string of the molecule is CN=C(NCCCC(C)(C)C)N(C)CC1CCOC1.I. The number of guanidine groups is 1. The molecule has 0 amide bonds. The molecule has 1 saturated heterocycles.